The van der Waals surface area contributed by atoms with Crippen LogP contribution in [0.15, 0.2) is 0 Å². The number of rotatable bonds is 2. The molecule has 0 saturated carbocycles. The zero-order valence-electron chi connectivity index (χ0n) is 12.9. The Bertz CT molecular complexity index is 313. The first-order chi connectivity index (χ1) is 8.94. The molecule has 2 rings (SSSR count). The molecule has 2 fully saturated rings. The molecule has 19 heavy (non-hydrogen) atoms. The van der Waals surface area contributed by atoms with Gasteiger partial charge in [-0.2, -0.15) is 0 Å². The van der Waals surface area contributed by atoms with E-state index in [0.29, 0.717) is 18.0 Å². The van der Waals surface area contributed by atoms with Crippen molar-refractivity contribution in [1.82, 2.24) is 15.1 Å². The predicted octanol–water partition coefficient (Wildman–Crippen LogP) is 1.46. The van der Waals surface area contributed by atoms with Gasteiger partial charge in [-0.15, -0.1) is 0 Å². The Hall–Kier alpha value is -0.610. The summed E-state index contributed by atoms with van der Waals surface area (Å²) >= 11 is 0. The first kappa shape index (κ1) is 14.8. The van der Waals surface area contributed by atoms with Gasteiger partial charge >= 0.3 is 0 Å². The van der Waals surface area contributed by atoms with Gasteiger partial charge < -0.3 is 10.2 Å². The first-order valence-corrected chi connectivity index (χ1v) is 7.73. The Labute approximate surface area is 117 Å². The summed E-state index contributed by atoms with van der Waals surface area (Å²) in [7, 11) is 0. The van der Waals surface area contributed by atoms with E-state index < -0.39 is 0 Å². The number of amides is 1. The van der Waals surface area contributed by atoms with Crippen molar-refractivity contribution in [3.63, 3.8) is 0 Å². The van der Waals surface area contributed by atoms with Crippen LogP contribution in [0.2, 0.25) is 0 Å². The van der Waals surface area contributed by atoms with Gasteiger partial charge in [-0.25, -0.2) is 0 Å². The van der Waals surface area contributed by atoms with Crippen LogP contribution in [0.4, 0.5) is 0 Å². The molecule has 0 aliphatic carbocycles. The molecular weight excluding hydrogens is 238 g/mol. The van der Waals surface area contributed by atoms with Crippen LogP contribution >= 0.6 is 0 Å². The fourth-order valence-electron chi connectivity index (χ4n) is 3.89. The molecule has 0 radical (unpaired) electrons. The van der Waals surface area contributed by atoms with Crippen molar-refractivity contribution in [3.8, 4) is 0 Å². The Morgan fingerprint density at radius 1 is 1.11 bits per heavy atom. The Balaban J connectivity index is 2.12. The van der Waals surface area contributed by atoms with Crippen molar-refractivity contribution in [2.24, 2.45) is 0 Å². The van der Waals surface area contributed by atoms with Gasteiger partial charge in [0.15, 0.2) is 0 Å². The molecule has 0 bridgehead atoms. The van der Waals surface area contributed by atoms with E-state index in [0.717, 1.165) is 26.2 Å². The number of nitrogens with zero attached hydrogens (tertiary/aromatic N) is 2. The van der Waals surface area contributed by atoms with Crippen LogP contribution in [0.25, 0.3) is 0 Å². The van der Waals surface area contributed by atoms with Crippen molar-refractivity contribution in [2.75, 3.05) is 26.2 Å². The number of nitrogens with one attached hydrogen (secondary N) is 1. The molecule has 2 aliphatic heterocycles. The van der Waals surface area contributed by atoms with Crippen molar-refractivity contribution in [2.45, 2.75) is 64.6 Å². The SMILES string of the molecule is CC1CCCC(C)N1C(C)(C)C(=O)N1CCNCC1. The van der Waals surface area contributed by atoms with Crippen LogP contribution in [0, 0.1) is 0 Å². The molecule has 2 heterocycles. The summed E-state index contributed by atoms with van der Waals surface area (Å²) in [5.41, 5.74) is -0.378. The predicted molar refractivity (Wildman–Crippen MR) is 78.1 cm³/mol. The van der Waals surface area contributed by atoms with E-state index in [4.69, 9.17) is 0 Å². The number of carbonyl (C=O) groups is 1. The minimum atomic E-state index is -0.378. The minimum Gasteiger partial charge on any atom is -0.339 e. The zero-order valence-corrected chi connectivity index (χ0v) is 12.9. The van der Waals surface area contributed by atoms with Crippen LogP contribution in [-0.4, -0.2) is 59.5 Å². The lowest BCUT2D eigenvalue weighted by molar-refractivity contribution is -0.148. The maximum absolute atomic E-state index is 12.9. The third-order valence-corrected chi connectivity index (χ3v) is 4.77. The van der Waals surface area contributed by atoms with Crippen LogP contribution in [0.1, 0.15) is 47.0 Å². The van der Waals surface area contributed by atoms with Crippen LogP contribution in [0.5, 0.6) is 0 Å². The normalized spacial score (nSPS) is 30.4. The molecule has 0 aromatic heterocycles. The van der Waals surface area contributed by atoms with Crippen molar-refractivity contribution >= 4 is 5.91 Å². The van der Waals surface area contributed by atoms with Crippen LogP contribution in [-0.2, 0) is 4.79 Å². The Kier molecular flexibility index (Phi) is 4.51. The summed E-state index contributed by atoms with van der Waals surface area (Å²) in [5.74, 6) is 0.301. The number of likely N-dealkylation sites (tertiary alicyclic amines) is 1. The molecule has 2 atom stereocenters. The zero-order chi connectivity index (χ0) is 14.0. The van der Waals surface area contributed by atoms with E-state index in [9.17, 15) is 4.79 Å². The second-order valence-corrected chi connectivity index (χ2v) is 6.64. The van der Waals surface area contributed by atoms with Gasteiger partial charge in [0, 0.05) is 38.3 Å². The smallest absolute Gasteiger partial charge is 0.242 e. The summed E-state index contributed by atoms with van der Waals surface area (Å²) in [6, 6.07) is 1.01. The number of carbonyl (C=O) groups excluding carboxylic acids is 1. The highest BCUT2D eigenvalue weighted by molar-refractivity contribution is 5.85. The maximum atomic E-state index is 12.9. The average Bonchev–Trinajstić information content (AvgIpc) is 2.38. The summed E-state index contributed by atoms with van der Waals surface area (Å²) in [5, 5.41) is 3.31. The molecule has 1 amide bonds. The van der Waals surface area contributed by atoms with E-state index >= 15 is 0 Å². The van der Waals surface area contributed by atoms with Crippen molar-refractivity contribution < 1.29 is 4.79 Å². The number of piperidine rings is 1. The van der Waals surface area contributed by atoms with E-state index in [1.54, 1.807) is 0 Å². The molecule has 0 aromatic rings. The molecule has 2 unspecified atom stereocenters. The minimum absolute atomic E-state index is 0.301. The average molecular weight is 267 g/mol. The molecule has 0 spiro atoms. The first-order valence-electron chi connectivity index (χ1n) is 7.73. The quantitative estimate of drug-likeness (QED) is 0.823. The number of piperazine rings is 1. The van der Waals surface area contributed by atoms with Gasteiger partial charge in [-0.1, -0.05) is 6.42 Å². The van der Waals surface area contributed by atoms with Crippen molar-refractivity contribution in [3.05, 3.63) is 0 Å². The fourth-order valence-corrected chi connectivity index (χ4v) is 3.89. The maximum Gasteiger partial charge on any atom is 0.242 e. The Morgan fingerprint density at radius 2 is 1.63 bits per heavy atom. The fraction of sp³-hybridized carbons (Fsp3) is 0.933. The standard InChI is InChI=1S/C15H29N3O/c1-12-6-5-7-13(2)18(12)15(3,4)14(19)17-10-8-16-9-11-17/h12-13,16H,5-11H2,1-4H3. The summed E-state index contributed by atoms with van der Waals surface area (Å²) in [4.78, 5) is 17.3. The molecule has 2 saturated heterocycles. The van der Waals surface area contributed by atoms with Crippen molar-refractivity contribution in [1.29, 1.82) is 0 Å². The molecule has 4 heteroatoms. The Morgan fingerprint density at radius 3 is 2.16 bits per heavy atom. The molecular formula is C15H29N3O. The second kappa shape index (κ2) is 5.80. The monoisotopic (exact) mass is 267 g/mol. The lowest BCUT2D eigenvalue weighted by Crippen LogP contribution is -2.64. The van der Waals surface area contributed by atoms with Gasteiger partial charge in [0.2, 0.25) is 5.91 Å². The molecule has 1 N–H and O–H groups in total. The summed E-state index contributed by atoms with van der Waals surface area (Å²) in [6.07, 6.45) is 3.71. The molecule has 2 aliphatic rings. The van der Waals surface area contributed by atoms with Crippen LogP contribution < -0.4 is 5.32 Å². The molecule has 4 nitrogen and oxygen atoms in total. The highest BCUT2D eigenvalue weighted by Crippen LogP contribution is 2.31. The van der Waals surface area contributed by atoms with E-state index in [2.05, 4.69) is 37.9 Å². The third kappa shape index (κ3) is 2.95. The highest BCUT2D eigenvalue weighted by atomic mass is 16.2. The van der Waals surface area contributed by atoms with E-state index in [-0.39, 0.29) is 5.54 Å². The van der Waals surface area contributed by atoms with Crippen LogP contribution in [0.3, 0.4) is 0 Å². The summed E-state index contributed by atoms with van der Waals surface area (Å²) < 4.78 is 0. The number of hydrogen-bond donors (Lipinski definition) is 1. The van der Waals surface area contributed by atoms with Gasteiger partial charge in [-0.3, -0.25) is 9.69 Å². The van der Waals surface area contributed by atoms with Gasteiger partial charge in [0.25, 0.3) is 0 Å². The second-order valence-electron chi connectivity index (χ2n) is 6.64. The van der Waals surface area contributed by atoms with Gasteiger partial charge in [0.1, 0.15) is 0 Å². The largest absolute Gasteiger partial charge is 0.339 e. The lowest BCUT2D eigenvalue weighted by Gasteiger charge is -2.49. The third-order valence-electron chi connectivity index (χ3n) is 4.77. The van der Waals surface area contributed by atoms with E-state index in [1.807, 2.05) is 4.90 Å². The topological polar surface area (TPSA) is 35.6 Å². The molecule has 0 aromatic carbocycles. The van der Waals surface area contributed by atoms with Gasteiger partial charge in [-0.05, 0) is 40.5 Å². The lowest BCUT2D eigenvalue weighted by atomic mass is 9.88. The highest BCUT2D eigenvalue weighted by Gasteiger charge is 2.43. The van der Waals surface area contributed by atoms with Gasteiger partial charge in [0.05, 0.1) is 5.54 Å². The molecule has 110 valence electrons. The van der Waals surface area contributed by atoms with E-state index in [1.165, 1.54) is 19.3 Å². The number of hydrogen-bond acceptors (Lipinski definition) is 3. The summed E-state index contributed by atoms with van der Waals surface area (Å²) in [6.45, 7) is 12.3.